The number of rotatable bonds is 3. The van der Waals surface area contributed by atoms with Crippen LogP contribution in [0.5, 0.6) is 0 Å². The van der Waals surface area contributed by atoms with Gasteiger partial charge in [-0.25, -0.2) is 27.2 Å². The van der Waals surface area contributed by atoms with E-state index in [9.17, 15) is 22.4 Å². The molecule has 11 heteroatoms. The van der Waals surface area contributed by atoms with Gasteiger partial charge in [-0.2, -0.15) is 5.10 Å². The van der Waals surface area contributed by atoms with Crippen LogP contribution in [-0.4, -0.2) is 41.9 Å². The average Bonchev–Trinajstić information content (AvgIpc) is 3.37. The predicted octanol–water partition coefficient (Wildman–Crippen LogP) is 4.29. The highest BCUT2D eigenvalue weighted by Crippen LogP contribution is 2.36. The molecule has 3 heterocycles. The standard InChI is InChI=1S/C24H20F4N6O/c1-12-21-17(22(32(3)30-21)14-10-18(26)20(28)19(27)11-14)8-9-33(12)24(35)23-29-13(2)34(31-23)16-6-4-15(25)5-7-16/h4-7,10-12H,8-9H2,1-3H3/t12-/m0/s1. The topological polar surface area (TPSA) is 68.8 Å². The summed E-state index contributed by atoms with van der Waals surface area (Å²) in [6.07, 6.45) is 0.368. The molecule has 35 heavy (non-hydrogen) atoms. The molecule has 0 bridgehead atoms. The minimum atomic E-state index is -1.53. The molecule has 7 nitrogen and oxygen atoms in total. The lowest BCUT2D eigenvalue weighted by molar-refractivity contribution is 0.0661. The Kier molecular flexibility index (Phi) is 5.42. The van der Waals surface area contributed by atoms with Gasteiger partial charge in [0.1, 0.15) is 11.6 Å². The van der Waals surface area contributed by atoms with Crippen LogP contribution < -0.4 is 0 Å². The van der Waals surface area contributed by atoms with Gasteiger partial charge in [0.05, 0.1) is 23.1 Å². The molecule has 1 aliphatic rings. The largest absolute Gasteiger partial charge is 0.327 e. The smallest absolute Gasteiger partial charge is 0.294 e. The zero-order chi connectivity index (χ0) is 25.0. The van der Waals surface area contributed by atoms with Crippen LogP contribution in [-0.2, 0) is 13.5 Å². The molecule has 5 rings (SSSR count). The van der Waals surface area contributed by atoms with Crippen LogP contribution in [0.3, 0.4) is 0 Å². The number of carbonyl (C=O) groups excluding carboxylic acids is 1. The third-order valence-corrected chi connectivity index (χ3v) is 6.19. The highest BCUT2D eigenvalue weighted by atomic mass is 19.2. The van der Waals surface area contributed by atoms with Crippen LogP contribution in [0.1, 0.15) is 40.7 Å². The van der Waals surface area contributed by atoms with Crippen LogP contribution in [0.15, 0.2) is 36.4 Å². The normalized spacial score (nSPS) is 15.4. The molecule has 0 saturated heterocycles. The maximum absolute atomic E-state index is 13.9. The van der Waals surface area contributed by atoms with Crippen molar-refractivity contribution in [3.8, 4) is 16.9 Å². The fourth-order valence-corrected chi connectivity index (χ4v) is 4.51. The molecule has 0 spiro atoms. The summed E-state index contributed by atoms with van der Waals surface area (Å²) in [6, 6.07) is 7.07. The minimum absolute atomic E-state index is 0.0130. The van der Waals surface area contributed by atoms with E-state index < -0.39 is 29.4 Å². The molecule has 0 N–H and O–H groups in total. The Morgan fingerprint density at radius 3 is 2.34 bits per heavy atom. The lowest BCUT2D eigenvalue weighted by atomic mass is 9.95. The summed E-state index contributed by atoms with van der Waals surface area (Å²) in [5.41, 5.74) is 2.50. The second kappa shape index (κ2) is 8.33. The summed E-state index contributed by atoms with van der Waals surface area (Å²) in [5.74, 6) is -4.44. The van der Waals surface area contributed by atoms with Gasteiger partial charge >= 0.3 is 0 Å². The number of nitrogens with zero attached hydrogens (tertiary/aromatic N) is 6. The quantitative estimate of drug-likeness (QED) is 0.321. The van der Waals surface area contributed by atoms with E-state index in [2.05, 4.69) is 15.2 Å². The Balaban J connectivity index is 1.46. The molecule has 0 aliphatic carbocycles. The summed E-state index contributed by atoms with van der Waals surface area (Å²) in [7, 11) is 1.63. The van der Waals surface area contributed by atoms with Gasteiger partial charge in [-0.05, 0) is 56.7 Å². The van der Waals surface area contributed by atoms with Gasteiger partial charge in [0.2, 0.25) is 5.82 Å². The Hall–Kier alpha value is -4.02. The molecule has 0 radical (unpaired) electrons. The third kappa shape index (κ3) is 3.76. The van der Waals surface area contributed by atoms with Crippen molar-refractivity contribution in [1.82, 2.24) is 29.4 Å². The summed E-state index contributed by atoms with van der Waals surface area (Å²) < 4.78 is 57.4. The summed E-state index contributed by atoms with van der Waals surface area (Å²) in [4.78, 5) is 19.2. The van der Waals surface area contributed by atoms with E-state index in [0.717, 1.165) is 17.7 Å². The van der Waals surface area contributed by atoms with Crippen LogP contribution in [0.2, 0.25) is 0 Å². The molecule has 2 aromatic carbocycles. The van der Waals surface area contributed by atoms with Crippen molar-refractivity contribution in [3.63, 3.8) is 0 Å². The van der Waals surface area contributed by atoms with E-state index in [1.807, 2.05) is 0 Å². The van der Waals surface area contributed by atoms with Crippen molar-refractivity contribution in [2.45, 2.75) is 26.3 Å². The van der Waals surface area contributed by atoms with Crippen LogP contribution >= 0.6 is 0 Å². The van der Waals surface area contributed by atoms with Crippen molar-refractivity contribution in [2.75, 3.05) is 6.54 Å². The van der Waals surface area contributed by atoms with Gasteiger partial charge in [-0.3, -0.25) is 9.48 Å². The minimum Gasteiger partial charge on any atom is -0.327 e. The van der Waals surface area contributed by atoms with Crippen LogP contribution in [0.4, 0.5) is 17.6 Å². The number of amides is 1. The number of hydrogen-bond acceptors (Lipinski definition) is 4. The van der Waals surface area contributed by atoms with Crippen molar-refractivity contribution >= 4 is 5.91 Å². The van der Waals surface area contributed by atoms with Gasteiger partial charge in [0.15, 0.2) is 17.5 Å². The Bertz CT molecular complexity index is 1440. The first kappa shape index (κ1) is 22.8. The third-order valence-electron chi connectivity index (χ3n) is 6.19. The number of carbonyl (C=O) groups is 1. The summed E-state index contributed by atoms with van der Waals surface area (Å²) in [6.45, 7) is 3.78. The molecule has 0 fully saturated rings. The first-order valence-corrected chi connectivity index (χ1v) is 10.9. The molecular formula is C24H20F4N6O. The molecular weight excluding hydrogens is 464 g/mol. The SMILES string of the molecule is Cc1nc(C(=O)N2CCc3c(nn(C)c3-c3cc(F)c(F)c(F)c3)[C@@H]2C)nn1-c1ccc(F)cc1. The first-order valence-electron chi connectivity index (χ1n) is 10.9. The van der Waals surface area contributed by atoms with Crippen molar-refractivity contribution < 1.29 is 22.4 Å². The van der Waals surface area contributed by atoms with Gasteiger partial charge < -0.3 is 4.90 Å². The lowest BCUT2D eigenvalue weighted by Gasteiger charge is -2.32. The molecule has 0 saturated carbocycles. The van der Waals surface area contributed by atoms with E-state index in [1.165, 1.54) is 33.6 Å². The number of benzene rings is 2. The zero-order valence-electron chi connectivity index (χ0n) is 19.1. The van der Waals surface area contributed by atoms with Crippen LogP contribution in [0.25, 0.3) is 16.9 Å². The maximum atomic E-state index is 13.9. The average molecular weight is 484 g/mol. The molecule has 0 unspecified atom stereocenters. The van der Waals surface area contributed by atoms with E-state index in [0.29, 0.717) is 35.9 Å². The van der Waals surface area contributed by atoms with E-state index in [1.54, 1.807) is 25.8 Å². The van der Waals surface area contributed by atoms with Crippen molar-refractivity contribution in [1.29, 1.82) is 0 Å². The maximum Gasteiger partial charge on any atom is 0.294 e. The fourth-order valence-electron chi connectivity index (χ4n) is 4.51. The number of aromatic nitrogens is 5. The number of halogens is 4. The molecule has 180 valence electrons. The van der Waals surface area contributed by atoms with Gasteiger partial charge in [0, 0.05) is 24.7 Å². The van der Waals surface area contributed by atoms with Gasteiger partial charge in [-0.15, -0.1) is 5.10 Å². The number of hydrogen-bond donors (Lipinski definition) is 0. The second-order valence-electron chi connectivity index (χ2n) is 8.39. The van der Waals surface area contributed by atoms with Gasteiger partial charge in [0.25, 0.3) is 5.91 Å². The fraction of sp³-hybridized carbons (Fsp3) is 0.250. The molecule has 2 aromatic heterocycles. The Morgan fingerprint density at radius 1 is 1.03 bits per heavy atom. The van der Waals surface area contributed by atoms with Crippen molar-refractivity contribution in [3.05, 3.63) is 82.6 Å². The van der Waals surface area contributed by atoms with Crippen molar-refractivity contribution in [2.24, 2.45) is 7.05 Å². The highest BCUT2D eigenvalue weighted by molar-refractivity contribution is 5.91. The molecule has 1 amide bonds. The zero-order valence-corrected chi connectivity index (χ0v) is 19.1. The predicted molar refractivity (Wildman–Crippen MR) is 118 cm³/mol. The number of aryl methyl sites for hydroxylation is 2. The molecule has 4 aromatic rings. The monoisotopic (exact) mass is 484 g/mol. The Morgan fingerprint density at radius 2 is 1.69 bits per heavy atom. The summed E-state index contributed by atoms with van der Waals surface area (Å²) in [5, 5.41) is 8.82. The first-order chi connectivity index (χ1) is 16.7. The van der Waals surface area contributed by atoms with E-state index >= 15 is 0 Å². The summed E-state index contributed by atoms with van der Waals surface area (Å²) >= 11 is 0. The Labute approximate surface area is 197 Å². The van der Waals surface area contributed by atoms with Crippen LogP contribution in [0, 0.1) is 30.2 Å². The van der Waals surface area contributed by atoms with Gasteiger partial charge in [-0.1, -0.05) is 0 Å². The molecule has 1 atom stereocenters. The van der Waals surface area contributed by atoms with E-state index in [-0.39, 0.29) is 17.2 Å². The highest BCUT2D eigenvalue weighted by Gasteiger charge is 2.35. The molecule has 1 aliphatic heterocycles. The second-order valence-corrected chi connectivity index (χ2v) is 8.39. The number of fused-ring (bicyclic) bond motifs is 1. The lowest BCUT2D eigenvalue weighted by Crippen LogP contribution is -2.39. The van der Waals surface area contributed by atoms with E-state index in [4.69, 9.17) is 0 Å².